The van der Waals surface area contributed by atoms with Crippen molar-refractivity contribution in [2.45, 2.75) is 75.3 Å². The van der Waals surface area contributed by atoms with Crippen molar-refractivity contribution >= 4 is 35.3 Å². The molecule has 1 aromatic heterocycles. The number of aromatic nitrogens is 1. The first-order valence-electron chi connectivity index (χ1n) is 16.0. The predicted molar refractivity (Wildman–Crippen MR) is 174 cm³/mol. The number of primary amides is 1. The SMILES string of the molecule is C[C@]1(C(N)=O)COc2c1cc([C@@H](CNC(=O)c1cc(C=NC3CC3)c(N)c(OC3CC3)c1)C1CCC1)nc2-c1ccc(F)c(Cl)c1. The number of nitrogens with one attached hydrogen (secondary N) is 1. The zero-order valence-electron chi connectivity index (χ0n) is 25.7. The molecule has 2 heterocycles. The van der Waals surface area contributed by atoms with Crippen molar-refractivity contribution in [1.82, 2.24) is 10.3 Å². The molecule has 0 unspecified atom stereocenters. The topological polar surface area (TPSA) is 142 Å². The van der Waals surface area contributed by atoms with Crippen LogP contribution in [0.2, 0.25) is 5.02 Å². The summed E-state index contributed by atoms with van der Waals surface area (Å²) < 4.78 is 26.2. The van der Waals surface area contributed by atoms with E-state index in [9.17, 15) is 14.0 Å². The third kappa shape index (κ3) is 5.90. The first-order chi connectivity index (χ1) is 22.1. The number of anilines is 1. The Morgan fingerprint density at radius 1 is 1.20 bits per heavy atom. The number of aliphatic imine (C=N–C) groups is 1. The highest BCUT2D eigenvalue weighted by Gasteiger charge is 2.45. The number of fused-ring (bicyclic) bond motifs is 1. The average molecular weight is 646 g/mol. The molecule has 46 heavy (non-hydrogen) atoms. The van der Waals surface area contributed by atoms with Crippen LogP contribution >= 0.6 is 11.6 Å². The minimum absolute atomic E-state index is 0.0491. The molecule has 1 aliphatic heterocycles. The van der Waals surface area contributed by atoms with Crippen LogP contribution in [0.4, 0.5) is 10.1 Å². The average Bonchev–Trinajstić information content (AvgIpc) is 3.95. The molecule has 0 bridgehead atoms. The first kappa shape index (κ1) is 30.5. The lowest BCUT2D eigenvalue weighted by atomic mass is 9.73. The summed E-state index contributed by atoms with van der Waals surface area (Å²) in [4.78, 5) is 36.0. The van der Waals surface area contributed by atoms with Gasteiger partial charge in [0.15, 0.2) is 0 Å². The molecule has 0 saturated heterocycles. The fourth-order valence-electron chi connectivity index (χ4n) is 6.05. The Bertz CT molecular complexity index is 1750. The lowest BCUT2D eigenvalue weighted by Crippen LogP contribution is -2.40. The van der Waals surface area contributed by atoms with E-state index in [4.69, 9.17) is 37.5 Å². The second kappa shape index (κ2) is 11.9. The summed E-state index contributed by atoms with van der Waals surface area (Å²) in [5.41, 5.74) is 15.1. The molecule has 7 rings (SSSR count). The molecule has 11 heteroatoms. The number of ether oxygens (including phenoxy) is 2. The number of amides is 2. The van der Waals surface area contributed by atoms with Crippen LogP contribution in [-0.4, -0.2) is 48.3 Å². The van der Waals surface area contributed by atoms with Crippen LogP contribution in [-0.2, 0) is 10.2 Å². The summed E-state index contributed by atoms with van der Waals surface area (Å²) in [6.07, 6.45) is 8.93. The normalized spacial score (nSPS) is 21.4. The molecule has 3 fully saturated rings. The number of hydrogen-bond donors (Lipinski definition) is 3. The maximum atomic E-state index is 14.1. The summed E-state index contributed by atoms with van der Waals surface area (Å²) >= 11 is 6.16. The third-order valence-electron chi connectivity index (χ3n) is 9.64. The maximum absolute atomic E-state index is 14.1. The summed E-state index contributed by atoms with van der Waals surface area (Å²) in [5, 5.41) is 3.09. The van der Waals surface area contributed by atoms with Crippen molar-refractivity contribution in [2.75, 3.05) is 18.9 Å². The summed E-state index contributed by atoms with van der Waals surface area (Å²) in [6, 6.07) is 10.0. The number of nitrogens with zero attached hydrogens (tertiary/aromatic N) is 2. The van der Waals surface area contributed by atoms with Gasteiger partial charge in [0.2, 0.25) is 5.91 Å². The third-order valence-corrected chi connectivity index (χ3v) is 9.93. The summed E-state index contributed by atoms with van der Waals surface area (Å²) in [6.45, 7) is 2.12. The largest absolute Gasteiger partial charge is 0.489 e. The maximum Gasteiger partial charge on any atom is 0.251 e. The van der Waals surface area contributed by atoms with Gasteiger partial charge in [0, 0.05) is 46.6 Å². The number of nitrogens with two attached hydrogens (primary N) is 2. The quantitative estimate of drug-likeness (QED) is 0.181. The van der Waals surface area contributed by atoms with Gasteiger partial charge in [-0.15, -0.1) is 0 Å². The Hall–Kier alpha value is -4.18. The van der Waals surface area contributed by atoms with Crippen LogP contribution in [0, 0.1) is 11.7 Å². The molecule has 3 aliphatic carbocycles. The monoisotopic (exact) mass is 645 g/mol. The summed E-state index contributed by atoms with van der Waals surface area (Å²) in [5.74, 6) is -0.310. The Morgan fingerprint density at radius 3 is 2.63 bits per heavy atom. The lowest BCUT2D eigenvalue weighted by molar-refractivity contribution is -0.123. The van der Waals surface area contributed by atoms with Crippen LogP contribution in [0.5, 0.6) is 11.5 Å². The van der Waals surface area contributed by atoms with Crippen LogP contribution in [0.15, 0.2) is 41.4 Å². The van der Waals surface area contributed by atoms with E-state index in [-0.39, 0.29) is 35.5 Å². The van der Waals surface area contributed by atoms with Crippen molar-refractivity contribution in [3.8, 4) is 22.8 Å². The predicted octanol–water partition coefficient (Wildman–Crippen LogP) is 5.69. The second-order valence-corrected chi connectivity index (χ2v) is 13.6. The van der Waals surface area contributed by atoms with Crippen molar-refractivity contribution in [2.24, 2.45) is 16.6 Å². The van der Waals surface area contributed by atoms with E-state index in [0.29, 0.717) is 63.4 Å². The van der Waals surface area contributed by atoms with E-state index in [1.165, 1.54) is 12.1 Å². The minimum Gasteiger partial charge on any atom is -0.489 e. The molecular weight excluding hydrogens is 609 g/mol. The van der Waals surface area contributed by atoms with E-state index < -0.39 is 17.1 Å². The Morgan fingerprint density at radius 2 is 1.98 bits per heavy atom. The molecule has 5 N–H and O–H groups in total. The number of benzene rings is 2. The van der Waals surface area contributed by atoms with Crippen molar-refractivity contribution in [3.63, 3.8) is 0 Å². The van der Waals surface area contributed by atoms with Crippen LogP contribution in [0.1, 0.15) is 85.0 Å². The molecule has 2 amide bonds. The molecule has 2 aromatic carbocycles. The van der Waals surface area contributed by atoms with E-state index >= 15 is 0 Å². The fraction of sp³-hybridized carbons (Fsp3) is 0.429. The number of nitrogen functional groups attached to an aromatic ring is 1. The van der Waals surface area contributed by atoms with Crippen LogP contribution in [0.3, 0.4) is 0 Å². The fourth-order valence-corrected chi connectivity index (χ4v) is 6.23. The van der Waals surface area contributed by atoms with E-state index in [2.05, 4.69) is 10.3 Å². The van der Waals surface area contributed by atoms with Crippen LogP contribution < -0.4 is 26.3 Å². The molecule has 0 radical (unpaired) electrons. The Labute approximate surface area is 271 Å². The molecule has 3 saturated carbocycles. The van der Waals surface area contributed by atoms with Gasteiger partial charge in [0.05, 0.1) is 22.9 Å². The van der Waals surface area contributed by atoms with Gasteiger partial charge in [0.25, 0.3) is 5.91 Å². The number of carbonyl (C=O) groups is 2. The molecule has 9 nitrogen and oxygen atoms in total. The van der Waals surface area contributed by atoms with Crippen molar-refractivity contribution in [3.05, 3.63) is 69.6 Å². The number of halogens is 2. The van der Waals surface area contributed by atoms with E-state index in [1.807, 2.05) is 6.07 Å². The van der Waals surface area contributed by atoms with Gasteiger partial charge >= 0.3 is 0 Å². The molecule has 3 aromatic rings. The van der Waals surface area contributed by atoms with Crippen molar-refractivity contribution < 1.29 is 23.5 Å². The zero-order valence-corrected chi connectivity index (χ0v) is 26.4. The molecular formula is C35H37ClFN5O4. The molecule has 0 spiro atoms. The highest BCUT2D eigenvalue weighted by atomic mass is 35.5. The highest BCUT2D eigenvalue weighted by Crippen LogP contribution is 2.47. The second-order valence-electron chi connectivity index (χ2n) is 13.2. The number of pyridine rings is 1. The van der Waals surface area contributed by atoms with E-state index in [0.717, 1.165) is 44.9 Å². The van der Waals surface area contributed by atoms with Gasteiger partial charge in [-0.1, -0.05) is 18.0 Å². The summed E-state index contributed by atoms with van der Waals surface area (Å²) in [7, 11) is 0. The number of carbonyl (C=O) groups excluding carboxylic acids is 2. The Balaban J connectivity index is 1.22. The van der Waals surface area contributed by atoms with Gasteiger partial charge in [-0.2, -0.15) is 0 Å². The van der Waals surface area contributed by atoms with Crippen LogP contribution in [0.25, 0.3) is 11.3 Å². The minimum atomic E-state index is -1.08. The molecule has 4 aliphatic rings. The molecule has 240 valence electrons. The zero-order chi connectivity index (χ0) is 32.2. The highest BCUT2D eigenvalue weighted by molar-refractivity contribution is 6.31. The van der Waals surface area contributed by atoms with Crippen molar-refractivity contribution in [1.29, 1.82) is 0 Å². The van der Waals surface area contributed by atoms with Gasteiger partial charge in [-0.25, -0.2) is 9.37 Å². The lowest BCUT2D eigenvalue weighted by Gasteiger charge is -2.34. The smallest absolute Gasteiger partial charge is 0.251 e. The number of hydrogen-bond acceptors (Lipinski definition) is 7. The molecule has 2 atom stereocenters. The van der Waals surface area contributed by atoms with Gasteiger partial charge < -0.3 is 26.3 Å². The first-order valence-corrected chi connectivity index (χ1v) is 16.3. The van der Waals surface area contributed by atoms with Gasteiger partial charge in [0.1, 0.15) is 35.0 Å². The Kier molecular flexibility index (Phi) is 7.87. The van der Waals surface area contributed by atoms with Gasteiger partial charge in [-0.3, -0.25) is 14.6 Å². The van der Waals surface area contributed by atoms with E-state index in [1.54, 1.807) is 31.3 Å². The van der Waals surface area contributed by atoms with Gasteiger partial charge in [-0.05, 0) is 87.8 Å². The number of rotatable bonds is 11. The standard InChI is InChI=1S/C35H37ClFN5O4/c1-35(34(39)44)17-45-32-25(35)14-28(42-31(32)19-5-10-27(37)26(36)12-19)24(18-3-2-4-18)16-41-33(43)20-11-21(15-40-22-6-7-22)30(38)29(13-20)46-23-8-9-23/h5,10-15,18,22-24H,2-4,6-9,16-17,38H2,1H3,(H2,39,44)(H,41,43)/t24-,35-/m0/s1.